The van der Waals surface area contributed by atoms with Crippen LogP contribution in [-0.2, 0) is 6.54 Å². The van der Waals surface area contributed by atoms with Crippen LogP contribution in [0.25, 0.3) is 5.78 Å². The van der Waals surface area contributed by atoms with E-state index < -0.39 is 17.0 Å². The molecule has 0 atom stereocenters. The average Bonchev–Trinajstić information content (AvgIpc) is 2.99. The normalized spacial score (nSPS) is 11.3. The highest BCUT2D eigenvalue weighted by atomic mass is 32.2. The van der Waals surface area contributed by atoms with E-state index in [0.29, 0.717) is 17.5 Å². The standard InChI is InChI=1S/C15H17N7O3S/c1-8(2)6-21-11(16)10(12(24)18-15(21)25)9(23)7-26-14-19-13-17-4-3-5-22(13)20-14/h3-5,8H,6-7,16H2,1-2H3,(H,18,24,25). The molecular formula is C15H17N7O3S. The molecule has 0 aliphatic heterocycles. The molecule has 136 valence electrons. The van der Waals surface area contributed by atoms with Crippen molar-refractivity contribution in [1.29, 1.82) is 0 Å². The molecule has 0 unspecified atom stereocenters. The summed E-state index contributed by atoms with van der Waals surface area (Å²) in [6, 6.07) is 1.71. The molecule has 0 amide bonds. The Morgan fingerprint density at radius 1 is 1.38 bits per heavy atom. The highest BCUT2D eigenvalue weighted by Crippen LogP contribution is 2.16. The first-order valence-electron chi connectivity index (χ1n) is 7.82. The van der Waals surface area contributed by atoms with Crippen molar-refractivity contribution in [1.82, 2.24) is 29.1 Å². The Bertz CT molecular complexity index is 1050. The monoisotopic (exact) mass is 375 g/mol. The number of nitrogen functional groups attached to an aromatic ring is 1. The average molecular weight is 375 g/mol. The van der Waals surface area contributed by atoms with Crippen LogP contribution < -0.4 is 17.0 Å². The summed E-state index contributed by atoms with van der Waals surface area (Å²) in [7, 11) is 0. The molecule has 0 saturated heterocycles. The number of aromatic amines is 1. The number of rotatable bonds is 6. The van der Waals surface area contributed by atoms with Crippen molar-refractivity contribution in [2.45, 2.75) is 25.5 Å². The van der Waals surface area contributed by atoms with Gasteiger partial charge in [0, 0.05) is 18.9 Å². The number of aromatic nitrogens is 6. The van der Waals surface area contributed by atoms with Crippen LogP contribution in [0.15, 0.2) is 33.2 Å². The van der Waals surface area contributed by atoms with Gasteiger partial charge in [0.2, 0.25) is 5.16 Å². The van der Waals surface area contributed by atoms with Crippen LogP contribution in [0.2, 0.25) is 0 Å². The quantitative estimate of drug-likeness (QED) is 0.459. The molecule has 11 heteroatoms. The van der Waals surface area contributed by atoms with E-state index in [2.05, 4.69) is 20.1 Å². The maximum Gasteiger partial charge on any atom is 0.329 e. The Kier molecular flexibility index (Phi) is 4.89. The molecule has 0 fully saturated rings. The first kappa shape index (κ1) is 17.9. The van der Waals surface area contributed by atoms with Gasteiger partial charge in [-0.15, -0.1) is 5.10 Å². The van der Waals surface area contributed by atoms with Crippen molar-refractivity contribution in [3.05, 3.63) is 44.9 Å². The van der Waals surface area contributed by atoms with E-state index in [1.807, 2.05) is 13.8 Å². The minimum absolute atomic E-state index is 0.0932. The Hall–Kier alpha value is -2.95. The molecule has 26 heavy (non-hydrogen) atoms. The van der Waals surface area contributed by atoms with Crippen molar-refractivity contribution in [2.75, 3.05) is 11.5 Å². The molecule has 3 heterocycles. The van der Waals surface area contributed by atoms with Gasteiger partial charge in [-0.3, -0.25) is 19.1 Å². The van der Waals surface area contributed by atoms with Crippen molar-refractivity contribution in [2.24, 2.45) is 5.92 Å². The lowest BCUT2D eigenvalue weighted by molar-refractivity contribution is 0.102. The van der Waals surface area contributed by atoms with Crippen molar-refractivity contribution in [3.63, 3.8) is 0 Å². The fraction of sp³-hybridized carbons (Fsp3) is 0.333. The van der Waals surface area contributed by atoms with Crippen LogP contribution in [0.5, 0.6) is 0 Å². The molecule has 0 spiro atoms. The van der Waals surface area contributed by atoms with E-state index in [1.165, 1.54) is 9.08 Å². The summed E-state index contributed by atoms with van der Waals surface area (Å²) >= 11 is 1.06. The zero-order valence-corrected chi connectivity index (χ0v) is 15.0. The third-order valence-corrected chi connectivity index (χ3v) is 4.33. The minimum Gasteiger partial charge on any atom is -0.384 e. The number of nitrogens with zero attached hydrogens (tertiary/aromatic N) is 5. The van der Waals surface area contributed by atoms with Crippen molar-refractivity contribution >= 4 is 29.1 Å². The maximum atomic E-state index is 12.5. The second-order valence-electron chi connectivity index (χ2n) is 5.99. The molecule has 0 aliphatic rings. The summed E-state index contributed by atoms with van der Waals surface area (Å²) in [5.41, 5.74) is 4.29. The molecule has 3 aromatic heterocycles. The highest BCUT2D eigenvalue weighted by molar-refractivity contribution is 7.99. The van der Waals surface area contributed by atoms with Gasteiger partial charge in [0.05, 0.1) is 5.75 Å². The third kappa shape index (κ3) is 3.52. The molecule has 0 saturated carbocycles. The number of anilines is 1. The van der Waals surface area contributed by atoms with E-state index in [1.54, 1.807) is 18.5 Å². The van der Waals surface area contributed by atoms with Crippen LogP contribution >= 0.6 is 11.8 Å². The van der Waals surface area contributed by atoms with Crippen molar-refractivity contribution in [3.8, 4) is 0 Å². The van der Waals surface area contributed by atoms with Gasteiger partial charge in [-0.25, -0.2) is 14.3 Å². The molecular weight excluding hydrogens is 358 g/mol. The topological polar surface area (TPSA) is 141 Å². The van der Waals surface area contributed by atoms with Gasteiger partial charge in [-0.2, -0.15) is 4.98 Å². The number of carbonyl (C=O) groups is 1. The van der Waals surface area contributed by atoms with E-state index in [-0.39, 0.29) is 23.1 Å². The summed E-state index contributed by atoms with van der Waals surface area (Å²) in [4.78, 5) is 46.9. The summed E-state index contributed by atoms with van der Waals surface area (Å²) in [5, 5.41) is 4.53. The number of nitrogens with two attached hydrogens (primary N) is 1. The van der Waals surface area contributed by atoms with Crippen molar-refractivity contribution < 1.29 is 4.79 Å². The number of carbonyl (C=O) groups excluding carboxylic acids is 1. The maximum absolute atomic E-state index is 12.5. The minimum atomic E-state index is -0.789. The molecule has 10 nitrogen and oxygen atoms in total. The molecule has 3 rings (SSSR count). The predicted octanol–water partition coefficient (Wildman–Crippen LogP) is 0.187. The molecule has 0 aromatic carbocycles. The number of fused-ring (bicyclic) bond motifs is 1. The smallest absolute Gasteiger partial charge is 0.329 e. The zero-order valence-electron chi connectivity index (χ0n) is 14.2. The van der Waals surface area contributed by atoms with E-state index in [4.69, 9.17) is 5.73 Å². The molecule has 0 aliphatic carbocycles. The summed E-state index contributed by atoms with van der Waals surface area (Å²) in [6.07, 6.45) is 3.27. The highest BCUT2D eigenvalue weighted by Gasteiger charge is 2.20. The van der Waals surface area contributed by atoms with Crippen LogP contribution in [-0.4, -0.2) is 40.7 Å². The van der Waals surface area contributed by atoms with Gasteiger partial charge >= 0.3 is 5.69 Å². The third-order valence-electron chi connectivity index (χ3n) is 3.50. The zero-order chi connectivity index (χ0) is 18.8. The number of hydrogen-bond acceptors (Lipinski definition) is 8. The number of ketones is 1. The first-order valence-corrected chi connectivity index (χ1v) is 8.81. The van der Waals surface area contributed by atoms with Crippen LogP contribution in [0.4, 0.5) is 5.82 Å². The van der Waals surface area contributed by atoms with Gasteiger partial charge < -0.3 is 5.73 Å². The van der Waals surface area contributed by atoms with Gasteiger partial charge in [-0.05, 0) is 12.0 Å². The fourth-order valence-corrected chi connectivity index (χ4v) is 3.08. The molecule has 0 radical (unpaired) electrons. The Labute approximate surface area is 151 Å². The SMILES string of the molecule is CC(C)Cn1c(N)c(C(=O)CSc2nc3ncccn3n2)c(=O)[nH]c1=O. The molecule has 3 N–H and O–H groups in total. The number of H-pyrrole nitrogens is 1. The lowest BCUT2D eigenvalue weighted by atomic mass is 10.2. The van der Waals surface area contributed by atoms with E-state index >= 15 is 0 Å². The molecule has 0 bridgehead atoms. The van der Waals surface area contributed by atoms with Gasteiger partial charge in [0.25, 0.3) is 11.3 Å². The van der Waals surface area contributed by atoms with Crippen LogP contribution in [0.3, 0.4) is 0 Å². The largest absolute Gasteiger partial charge is 0.384 e. The second kappa shape index (κ2) is 7.12. The fourth-order valence-electron chi connectivity index (χ4n) is 2.38. The van der Waals surface area contributed by atoms with Crippen LogP contribution in [0.1, 0.15) is 24.2 Å². The predicted molar refractivity (Wildman–Crippen MR) is 96.4 cm³/mol. The number of Topliss-reactive ketones (excluding diaryl/α,β-unsaturated/α-hetero) is 1. The Morgan fingerprint density at radius 2 is 2.15 bits per heavy atom. The second-order valence-corrected chi connectivity index (χ2v) is 6.94. The summed E-state index contributed by atoms with van der Waals surface area (Å²) in [5.74, 6) is -0.191. The van der Waals surface area contributed by atoms with Gasteiger partial charge in [0.1, 0.15) is 11.4 Å². The Morgan fingerprint density at radius 3 is 2.85 bits per heavy atom. The van der Waals surface area contributed by atoms with E-state index in [9.17, 15) is 14.4 Å². The number of hydrogen-bond donors (Lipinski definition) is 2. The lowest BCUT2D eigenvalue weighted by Gasteiger charge is -2.13. The molecule has 3 aromatic rings. The van der Waals surface area contributed by atoms with Crippen LogP contribution in [0, 0.1) is 5.92 Å². The van der Waals surface area contributed by atoms with Gasteiger partial charge in [0.15, 0.2) is 5.78 Å². The Balaban J connectivity index is 1.85. The van der Waals surface area contributed by atoms with E-state index in [0.717, 1.165) is 11.8 Å². The van der Waals surface area contributed by atoms with Gasteiger partial charge in [-0.1, -0.05) is 25.6 Å². The summed E-state index contributed by atoms with van der Waals surface area (Å²) < 4.78 is 2.69. The summed E-state index contributed by atoms with van der Waals surface area (Å²) in [6.45, 7) is 4.10. The number of nitrogens with one attached hydrogen (secondary N) is 1. The lowest BCUT2D eigenvalue weighted by Crippen LogP contribution is -2.37. The first-order chi connectivity index (χ1) is 12.4. The number of thioether (sulfide) groups is 1.